The molecule has 0 fully saturated rings. The number of para-hydroxylation sites is 1. The molecule has 1 aromatic heterocycles. The van der Waals surface area contributed by atoms with Crippen molar-refractivity contribution in [2.75, 3.05) is 5.32 Å². The Morgan fingerprint density at radius 2 is 1.95 bits per heavy atom. The monoisotopic (exact) mass is 302 g/mol. The number of hydrogen-bond acceptors (Lipinski definition) is 3. The van der Waals surface area contributed by atoms with Crippen LogP contribution in [0, 0.1) is 6.92 Å². The predicted octanol–water partition coefficient (Wildman–Crippen LogP) is 3.26. The van der Waals surface area contributed by atoms with Crippen molar-refractivity contribution in [1.29, 1.82) is 0 Å². The number of anilines is 1. The van der Waals surface area contributed by atoms with E-state index in [4.69, 9.17) is 0 Å². The summed E-state index contributed by atoms with van der Waals surface area (Å²) in [6.07, 6.45) is 0.217. The Hall–Kier alpha value is -2.14. The van der Waals surface area contributed by atoms with Crippen molar-refractivity contribution in [2.24, 2.45) is 0 Å². The largest absolute Gasteiger partial charge is 0.348 e. The van der Waals surface area contributed by atoms with Crippen molar-refractivity contribution in [3.8, 4) is 0 Å². The van der Waals surface area contributed by atoms with Crippen LogP contribution in [-0.2, 0) is 9.59 Å². The molecule has 1 atom stereocenters. The van der Waals surface area contributed by atoms with Crippen molar-refractivity contribution in [3.05, 3.63) is 52.2 Å². The molecule has 0 saturated heterocycles. The van der Waals surface area contributed by atoms with Crippen molar-refractivity contribution >= 4 is 28.8 Å². The van der Waals surface area contributed by atoms with Crippen LogP contribution in [0.2, 0.25) is 0 Å². The average molecular weight is 302 g/mol. The van der Waals surface area contributed by atoms with E-state index in [1.807, 2.05) is 48.7 Å². The number of carbonyl (C=O) groups is 2. The van der Waals surface area contributed by atoms with Crippen LogP contribution < -0.4 is 10.6 Å². The molecule has 0 aliphatic heterocycles. The van der Waals surface area contributed by atoms with Crippen LogP contribution in [0.4, 0.5) is 5.69 Å². The van der Waals surface area contributed by atoms with Crippen LogP contribution in [0.15, 0.2) is 41.8 Å². The third kappa shape index (κ3) is 4.43. The average Bonchev–Trinajstić information content (AvgIpc) is 2.94. The van der Waals surface area contributed by atoms with Gasteiger partial charge in [0.2, 0.25) is 11.8 Å². The summed E-state index contributed by atoms with van der Waals surface area (Å²) in [6.45, 7) is 3.40. The first kappa shape index (κ1) is 15.3. The van der Waals surface area contributed by atoms with E-state index in [2.05, 4.69) is 10.6 Å². The fourth-order valence-electron chi connectivity index (χ4n) is 2.06. The third-order valence-corrected chi connectivity index (χ3v) is 4.06. The van der Waals surface area contributed by atoms with Gasteiger partial charge in [-0.15, -0.1) is 11.3 Å². The van der Waals surface area contributed by atoms with Gasteiger partial charge in [-0.3, -0.25) is 9.59 Å². The Morgan fingerprint density at radius 3 is 2.57 bits per heavy atom. The number of carbonyl (C=O) groups excluding carboxylic acids is 2. The van der Waals surface area contributed by atoms with Gasteiger partial charge < -0.3 is 10.6 Å². The maximum Gasteiger partial charge on any atom is 0.226 e. The molecule has 2 amide bonds. The zero-order valence-corrected chi connectivity index (χ0v) is 12.9. The lowest BCUT2D eigenvalue weighted by atomic mass is 10.1. The quantitative estimate of drug-likeness (QED) is 0.890. The van der Waals surface area contributed by atoms with Crippen LogP contribution in [0.5, 0.6) is 0 Å². The van der Waals surface area contributed by atoms with Gasteiger partial charge in [-0.05, 0) is 30.0 Å². The van der Waals surface area contributed by atoms with Gasteiger partial charge in [-0.25, -0.2) is 0 Å². The molecule has 0 aliphatic carbocycles. The maximum atomic E-state index is 12.2. The minimum Gasteiger partial charge on any atom is -0.348 e. The van der Waals surface area contributed by atoms with Crippen molar-refractivity contribution in [2.45, 2.75) is 26.3 Å². The Balaban J connectivity index is 2.05. The summed E-state index contributed by atoms with van der Waals surface area (Å²) in [5.74, 6) is -0.256. The van der Waals surface area contributed by atoms with Gasteiger partial charge >= 0.3 is 0 Å². The molecule has 0 radical (unpaired) electrons. The minimum absolute atomic E-state index is 0.114. The second kappa shape index (κ2) is 7.04. The van der Waals surface area contributed by atoms with E-state index in [1.54, 1.807) is 0 Å². The highest BCUT2D eigenvalue weighted by atomic mass is 32.1. The Bertz CT molecular complexity index is 623. The molecule has 5 heteroatoms. The minimum atomic E-state index is -0.286. The predicted molar refractivity (Wildman–Crippen MR) is 85.3 cm³/mol. The maximum absolute atomic E-state index is 12.2. The molecule has 0 unspecified atom stereocenters. The van der Waals surface area contributed by atoms with E-state index in [0.717, 1.165) is 16.1 Å². The van der Waals surface area contributed by atoms with Gasteiger partial charge in [0.25, 0.3) is 0 Å². The Morgan fingerprint density at radius 1 is 1.19 bits per heavy atom. The number of thiophene rings is 1. The lowest BCUT2D eigenvalue weighted by Crippen LogP contribution is -2.29. The summed E-state index contributed by atoms with van der Waals surface area (Å²) in [4.78, 5) is 24.5. The van der Waals surface area contributed by atoms with E-state index in [1.165, 1.54) is 18.3 Å². The molecule has 0 spiro atoms. The highest BCUT2D eigenvalue weighted by Gasteiger charge is 2.18. The number of nitrogens with one attached hydrogen (secondary N) is 2. The zero-order chi connectivity index (χ0) is 15.2. The number of aryl methyl sites for hydroxylation is 1. The molecular weight excluding hydrogens is 284 g/mol. The van der Waals surface area contributed by atoms with Crippen molar-refractivity contribution in [1.82, 2.24) is 5.32 Å². The second-order valence-electron chi connectivity index (χ2n) is 4.84. The fourth-order valence-corrected chi connectivity index (χ4v) is 2.84. The molecule has 1 aromatic carbocycles. The van der Waals surface area contributed by atoms with E-state index in [-0.39, 0.29) is 24.3 Å². The highest BCUT2D eigenvalue weighted by molar-refractivity contribution is 7.10. The topological polar surface area (TPSA) is 58.2 Å². The normalized spacial score (nSPS) is 11.7. The van der Waals surface area contributed by atoms with E-state index >= 15 is 0 Å². The van der Waals surface area contributed by atoms with Gasteiger partial charge in [0.1, 0.15) is 0 Å². The number of amides is 2. The van der Waals surface area contributed by atoms with Crippen molar-refractivity contribution < 1.29 is 9.59 Å². The van der Waals surface area contributed by atoms with Crippen LogP contribution in [0.3, 0.4) is 0 Å². The Labute approximate surface area is 128 Å². The fraction of sp³-hybridized carbons (Fsp3) is 0.250. The molecule has 21 heavy (non-hydrogen) atoms. The van der Waals surface area contributed by atoms with E-state index in [9.17, 15) is 9.59 Å². The van der Waals surface area contributed by atoms with Gasteiger partial charge in [-0.1, -0.05) is 24.3 Å². The lowest BCUT2D eigenvalue weighted by molar-refractivity contribution is -0.120. The third-order valence-electron chi connectivity index (χ3n) is 3.07. The first-order chi connectivity index (χ1) is 10.1. The molecule has 0 bridgehead atoms. The summed E-state index contributed by atoms with van der Waals surface area (Å²) in [5.41, 5.74) is 1.81. The molecular formula is C16H18N2O2S. The molecule has 0 aliphatic rings. The first-order valence-corrected chi connectivity index (χ1v) is 7.60. The lowest BCUT2D eigenvalue weighted by Gasteiger charge is -2.16. The van der Waals surface area contributed by atoms with Gasteiger partial charge in [0.15, 0.2) is 0 Å². The van der Waals surface area contributed by atoms with Crippen LogP contribution in [-0.4, -0.2) is 11.8 Å². The van der Waals surface area contributed by atoms with Crippen LogP contribution in [0.25, 0.3) is 0 Å². The van der Waals surface area contributed by atoms with E-state index in [0.29, 0.717) is 0 Å². The standard InChI is InChI=1S/C16H18N2O2S/c1-11-6-3-4-7-13(11)18-16(20)10-14(17-12(2)19)15-8-5-9-21-15/h3-9,14H,10H2,1-2H3,(H,17,19)(H,18,20)/t14-/m0/s1. The van der Waals surface area contributed by atoms with E-state index < -0.39 is 0 Å². The molecule has 4 nitrogen and oxygen atoms in total. The van der Waals surface area contributed by atoms with Gasteiger partial charge in [0, 0.05) is 17.5 Å². The molecule has 2 aromatic rings. The number of rotatable bonds is 5. The summed E-state index contributed by atoms with van der Waals surface area (Å²) in [6, 6.07) is 11.2. The SMILES string of the molecule is CC(=O)N[C@@H](CC(=O)Nc1ccccc1C)c1cccs1. The summed E-state index contributed by atoms with van der Waals surface area (Å²) in [7, 11) is 0. The molecule has 2 rings (SSSR count). The van der Waals surface area contributed by atoms with Gasteiger partial charge in [-0.2, -0.15) is 0 Å². The molecule has 2 N–H and O–H groups in total. The summed E-state index contributed by atoms with van der Waals surface area (Å²) in [5, 5.41) is 7.65. The number of benzene rings is 1. The molecule has 0 saturated carbocycles. The van der Waals surface area contributed by atoms with Gasteiger partial charge in [0.05, 0.1) is 12.5 Å². The summed E-state index contributed by atoms with van der Waals surface area (Å²) >= 11 is 1.53. The zero-order valence-electron chi connectivity index (χ0n) is 12.1. The highest BCUT2D eigenvalue weighted by Crippen LogP contribution is 2.23. The van der Waals surface area contributed by atoms with Crippen LogP contribution in [0.1, 0.15) is 29.8 Å². The Kier molecular flexibility index (Phi) is 5.11. The smallest absolute Gasteiger partial charge is 0.226 e. The first-order valence-electron chi connectivity index (χ1n) is 6.72. The molecule has 110 valence electrons. The second-order valence-corrected chi connectivity index (χ2v) is 5.82. The van der Waals surface area contributed by atoms with Crippen molar-refractivity contribution in [3.63, 3.8) is 0 Å². The molecule has 1 heterocycles. The summed E-state index contributed by atoms with van der Waals surface area (Å²) < 4.78 is 0. The number of hydrogen-bond donors (Lipinski definition) is 2. The van der Waals surface area contributed by atoms with Crippen LogP contribution >= 0.6 is 11.3 Å².